The van der Waals surface area contributed by atoms with Crippen LogP contribution in [-0.2, 0) is 4.74 Å². The molecule has 0 aliphatic rings. The summed E-state index contributed by atoms with van der Waals surface area (Å²) in [6.07, 6.45) is 0. The molecule has 0 aromatic rings. The van der Waals surface area contributed by atoms with Gasteiger partial charge >= 0.3 is 0 Å². The van der Waals surface area contributed by atoms with Gasteiger partial charge in [-0.3, -0.25) is 0 Å². The summed E-state index contributed by atoms with van der Waals surface area (Å²) in [4.78, 5) is 0. The Balaban J connectivity index is 0. The fourth-order valence-corrected chi connectivity index (χ4v) is 0.204. The zero-order valence-electron chi connectivity index (χ0n) is 5.32. The maximum absolute atomic E-state index is 4.72. The van der Waals surface area contributed by atoms with E-state index in [-0.39, 0.29) is 29.6 Å². The van der Waals surface area contributed by atoms with Crippen molar-refractivity contribution in [2.75, 3.05) is 27.3 Å². The van der Waals surface area contributed by atoms with Crippen molar-refractivity contribution in [2.45, 2.75) is 0 Å². The number of ether oxygens (including phenoxy) is 1. The Morgan fingerprint density at radius 3 is 2.29 bits per heavy atom. The Morgan fingerprint density at radius 1 is 1.57 bits per heavy atom. The van der Waals surface area contributed by atoms with Crippen molar-refractivity contribution in [3.05, 3.63) is 0 Å². The molecule has 0 bridgehead atoms. The largest absolute Gasteiger partial charge is 0.383 e. The number of hydrogen-bond donors (Lipinski definition) is 1. The van der Waals surface area contributed by atoms with Crippen molar-refractivity contribution < 1.29 is 4.74 Å². The predicted molar refractivity (Wildman–Crippen MR) is 31.6 cm³/mol. The fraction of sp³-hybridized carbons (Fsp3) is 1.00. The van der Waals surface area contributed by atoms with Crippen LogP contribution in [0.5, 0.6) is 0 Å². The van der Waals surface area contributed by atoms with Crippen molar-refractivity contribution in [1.82, 2.24) is 5.32 Å². The zero-order valence-corrected chi connectivity index (χ0v) is 7.32. The van der Waals surface area contributed by atoms with Gasteiger partial charge in [0.2, 0.25) is 0 Å². The monoisotopic (exact) mass is 112 g/mol. The number of hydrogen-bond acceptors (Lipinski definition) is 2. The van der Waals surface area contributed by atoms with Gasteiger partial charge in [0.1, 0.15) is 0 Å². The third-order valence-electron chi connectivity index (χ3n) is 0.556. The van der Waals surface area contributed by atoms with Gasteiger partial charge in [-0.25, -0.2) is 0 Å². The first-order valence-electron chi connectivity index (χ1n) is 2.05. The van der Waals surface area contributed by atoms with Gasteiger partial charge in [-0.15, -0.1) is 0 Å². The summed E-state index contributed by atoms with van der Waals surface area (Å²) >= 11 is 0. The molecule has 0 heterocycles. The van der Waals surface area contributed by atoms with Gasteiger partial charge in [0, 0.05) is 43.2 Å². The third kappa shape index (κ3) is 10.9. The molecule has 0 fully saturated rings. The van der Waals surface area contributed by atoms with Gasteiger partial charge in [-0.1, -0.05) is 0 Å². The average molecular weight is 112 g/mol. The van der Waals surface area contributed by atoms with Gasteiger partial charge in [-0.2, -0.15) is 0 Å². The van der Waals surface area contributed by atoms with Crippen LogP contribution in [0, 0.1) is 0 Å². The van der Waals surface area contributed by atoms with Crippen LogP contribution in [0.4, 0.5) is 0 Å². The van der Waals surface area contributed by atoms with E-state index in [2.05, 4.69) is 5.32 Å². The van der Waals surface area contributed by atoms with E-state index in [1.807, 2.05) is 7.05 Å². The standard InChI is InChI=1S/C4H11NO.Na/c1-5-3-4-6-2;/h5H,3-4H2,1-2H3;. The minimum atomic E-state index is 0. The van der Waals surface area contributed by atoms with Gasteiger partial charge in [-0.05, 0) is 7.05 Å². The van der Waals surface area contributed by atoms with Crippen LogP contribution in [0.15, 0.2) is 0 Å². The molecule has 0 aliphatic carbocycles. The molecule has 0 amide bonds. The van der Waals surface area contributed by atoms with Crippen molar-refractivity contribution in [3.8, 4) is 0 Å². The van der Waals surface area contributed by atoms with Gasteiger partial charge in [0.25, 0.3) is 0 Å². The van der Waals surface area contributed by atoms with Crippen molar-refractivity contribution in [1.29, 1.82) is 0 Å². The van der Waals surface area contributed by atoms with E-state index in [0.29, 0.717) is 0 Å². The van der Waals surface area contributed by atoms with E-state index in [1.54, 1.807) is 7.11 Å². The smallest absolute Gasteiger partial charge is 0.0587 e. The Kier molecular flexibility index (Phi) is 15.5. The average Bonchev–Trinajstić information content (AvgIpc) is 1.61. The Hall–Kier alpha value is 0.920. The second-order valence-corrected chi connectivity index (χ2v) is 1.10. The van der Waals surface area contributed by atoms with Crippen LogP contribution >= 0.6 is 0 Å². The molecular weight excluding hydrogens is 101 g/mol. The zero-order chi connectivity index (χ0) is 4.83. The summed E-state index contributed by atoms with van der Waals surface area (Å²) in [6, 6.07) is 0. The molecular formula is C4H11NNaO. The first-order valence-corrected chi connectivity index (χ1v) is 2.05. The van der Waals surface area contributed by atoms with Crippen molar-refractivity contribution in [2.24, 2.45) is 0 Å². The molecule has 0 spiro atoms. The number of nitrogens with one attached hydrogen (secondary N) is 1. The van der Waals surface area contributed by atoms with Crippen LogP contribution in [-0.4, -0.2) is 56.9 Å². The number of rotatable bonds is 3. The molecule has 1 radical (unpaired) electrons. The van der Waals surface area contributed by atoms with E-state index >= 15 is 0 Å². The van der Waals surface area contributed by atoms with Crippen molar-refractivity contribution >= 4 is 29.6 Å². The molecule has 3 heteroatoms. The third-order valence-corrected chi connectivity index (χ3v) is 0.556. The summed E-state index contributed by atoms with van der Waals surface area (Å²) in [5.41, 5.74) is 0. The maximum atomic E-state index is 4.72. The van der Waals surface area contributed by atoms with E-state index in [9.17, 15) is 0 Å². The predicted octanol–water partition coefficient (Wildman–Crippen LogP) is -0.529. The van der Waals surface area contributed by atoms with E-state index in [0.717, 1.165) is 13.2 Å². The maximum Gasteiger partial charge on any atom is 0.0587 e. The summed E-state index contributed by atoms with van der Waals surface area (Å²) in [5, 5.41) is 2.94. The van der Waals surface area contributed by atoms with Crippen LogP contribution in [0.1, 0.15) is 0 Å². The summed E-state index contributed by atoms with van der Waals surface area (Å²) in [7, 11) is 3.59. The van der Waals surface area contributed by atoms with Gasteiger partial charge in [0.05, 0.1) is 6.61 Å². The van der Waals surface area contributed by atoms with Crippen molar-refractivity contribution in [3.63, 3.8) is 0 Å². The Labute approximate surface area is 66.9 Å². The molecule has 0 rings (SSSR count). The summed E-state index contributed by atoms with van der Waals surface area (Å²) in [5.74, 6) is 0. The molecule has 2 nitrogen and oxygen atoms in total. The minimum Gasteiger partial charge on any atom is -0.383 e. The normalized spacial score (nSPS) is 7.71. The molecule has 39 valence electrons. The van der Waals surface area contributed by atoms with E-state index < -0.39 is 0 Å². The second kappa shape index (κ2) is 10.0. The van der Waals surface area contributed by atoms with E-state index in [4.69, 9.17) is 4.74 Å². The first kappa shape index (κ1) is 10.8. The molecule has 0 unspecified atom stereocenters. The molecule has 0 aliphatic heterocycles. The molecule has 0 atom stereocenters. The van der Waals surface area contributed by atoms with Crippen LogP contribution < -0.4 is 5.32 Å². The molecule has 0 aromatic carbocycles. The SMILES string of the molecule is CNCCOC.[Na]. The van der Waals surface area contributed by atoms with Crippen LogP contribution in [0.2, 0.25) is 0 Å². The molecule has 0 aromatic heterocycles. The fourth-order valence-electron chi connectivity index (χ4n) is 0.204. The van der Waals surface area contributed by atoms with E-state index in [1.165, 1.54) is 0 Å². The van der Waals surface area contributed by atoms with Gasteiger partial charge < -0.3 is 10.1 Å². The minimum absolute atomic E-state index is 0. The first-order chi connectivity index (χ1) is 2.91. The number of methoxy groups -OCH3 is 1. The molecule has 1 N–H and O–H groups in total. The van der Waals surface area contributed by atoms with Crippen LogP contribution in [0.3, 0.4) is 0 Å². The molecule has 0 saturated carbocycles. The van der Waals surface area contributed by atoms with Gasteiger partial charge in [0.15, 0.2) is 0 Å². The molecule has 7 heavy (non-hydrogen) atoms. The summed E-state index contributed by atoms with van der Waals surface area (Å²) < 4.78 is 4.72. The Bertz CT molecular complexity index is 23.7. The summed E-state index contributed by atoms with van der Waals surface area (Å²) in [6.45, 7) is 1.74. The topological polar surface area (TPSA) is 21.3 Å². The van der Waals surface area contributed by atoms with Crippen LogP contribution in [0.25, 0.3) is 0 Å². The molecule has 0 saturated heterocycles. The number of likely N-dealkylation sites (N-methyl/N-ethyl adjacent to an activating group) is 1. The second-order valence-electron chi connectivity index (χ2n) is 1.10. The Morgan fingerprint density at radius 2 is 2.14 bits per heavy atom. The quantitative estimate of drug-likeness (QED) is 0.391.